The Bertz CT molecular complexity index is 1060. The molecule has 1 aromatic carbocycles. The normalized spacial score (nSPS) is 11.4. The number of nitrogens with zero attached hydrogens (tertiary/aromatic N) is 6. The minimum absolute atomic E-state index is 0.451. The van der Waals surface area contributed by atoms with E-state index in [1.165, 1.54) is 16.5 Å². The second-order valence-corrected chi connectivity index (χ2v) is 6.52. The Morgan fingerprint density at radius 1 is 1.08 bits per heavy atom. The van der Waals surface area contributed by atoms with E-state index in [0.29, 0.717) is 23.4 Å². The molecule has 3 heterocycles. The Kier molecular flexibility index (Phi) is 3.91. The zero-order valence-electron chi connectivity index (χ0n) is 15.2. The molecule has 7 nitrogen and oxygen atoms in total. The Morgan fingerprint density at radius 3 is 2.54 bits per heavy atom. The zero-order valence-corrected chi connectivity index (χ0v) is 15.2. The van der Waals surface area contributed by atoms with E-state index in [1.54, 1.807) is 30.5 Å². The van der Waals surface area contributed by atoms with Crippen LogP contribution >= 0.6 is 0 Å². The molecule has 0 amide bonds. The first kappa shape index (κ1) is 16.3. The molecular formula is C19H20N6O. The number of hydrogen-bond acceptors (Lipinski definition) is 5. The van der Waals surface area contributed by atoms with Crippen LogP contribution in [0.1, 0.15) is 25.3 Å². The van der Waals surface area contributed by atoms with Crippen molar-refractivity contribution >= 4 is 10.9 Å². The zero-order chi connectivity index (χ0) is 18.3. The summed E-state index contributed by atoms with van der Waals surface area (Å²) < 4.78 is 8.80. The highest BCUT2D eigenvalue weighted by atomic mass is 16.5. The summed E-state index contributed by atoms with van der Waals surface area (Å²) in [6.07, 6.45) is 7.02. The maximum atomic E-state index is 5.08. The Balaban J connectivity index is 1.73. The highest BCUT2D eigenvalue weighted by Crippen LogP contribution is 2.30. The number of aryl methyl sites for hydroxylation is 1. The molecule has 0 aliphatic carbocycles. The fourth-order valence-corrected chi connectivity index (χ4v) is 3.05. The van der Waals surface area contributed by atoms with Gasteiger partial charge in [0.15, 0.2) is 11.6 Å². The number of ether oxygens (including phenoxy) is 1. The Morgan fingerprint density at radius 2 is 1.85 bits per heavy atom. The van der Waals surface area contributed by atoms with E-state index in [2.05, 4.69) is 63.8 Å². The van der Waals surface area contributed by atoms with Gasteiger partial charge in [-0.05, 0) is 29.7 Å². The molecule has 0 saturated heterocycles. The minimum Gasteiger partial charge on any atom is -0.494 e. The molecule has 26 heavy (non-hydrogen) atoms. The fourth-order valence-electron chi connectivity index (χ4n) is 3.05. The standard InChI is InChI=1S/C19H20N6O/c1-12(2)16-10-24(3)17-6-5-13(7-15(16)17)18-22-11-25(23-18)19-20-8-14(26-4)9-21-19/h5-12H,1-4H3. The molecule has 3 aromatic heterocycles. The van der Waals surface area contributed by atoms with E-state index in [0.717, 1.165) is 5.56 Å². The van der Waals surface area contributed by atoms with Crippen molar-refractivity contribution in [1.82, 2.24) is 29.3 Å². The fraction of sp³-hybridized carbons (Fsp3) is 0.263. The first-order chi connectivity index (χ1) is 12.6. The molecule has 0 radical (unpaired) electrons. The van der Waals surface area contributed by atoms with Crippen LogP contribution in [0.2, 0.25) is 0 Å². The predicted molar refractivity (Wildman–Crippen MR) is 99.5 cm³/mol. The molecule has 0 saturated carbocycles. The minimum atomic E-state index is 0.451. The van der Waals surface area contributed by atoms with Gasteiger partial charge in [-0.1, -0.05) is 13.8 Å². The van der Waals surface area contributed by atoms with Gasteiger partial charge in [0.25, 0.3) is 5.95 Å². The van der Waals surface area contributed by atoms with Crippen LogP contribution in [0.15, 0.2) is 43.1 Å². The lowest BCUT2D eigenvalue weighted by molar-refractivity contribution is 0.410. The van der Waals surface area contributed by atoms with E-state index in [-0.39, 0.29) is 0 Å². The molecule has 7 heteroatoms. The van der Waals surface area contributed by atoms with Gasteiger partial charge in [0, 0.05) is 29.7 Å². The summed E-state index contributed by atoms with van der Waals surface area (Å²) in [5.41, 5.74) is 3.50. The molecule has 0 bridgehead atoms. The Hall–Kier alpha value is -3.22. The number of methoxy groups -OCH3 is 1. The van der Waals surface area contributed by atoms with Crippen LogP contribution in [-0.4, -0.2) is 36.4 Å². The largest absolute Gasteiger partial charge is 0.494 e. The van der Waals surface area contributed by atoms with Gasteiger partial charge >= 0.3 is 0 Å². The lowest BCUT2D eigenvalue weighted by Gasteiger charge is -2.03. The lowest BCUT2D eigenvalue weighted by Crippen LogP contribution is -2.01. The molecular weight excluding hydrogens is 328 g/mol. The van der Waals surface area contributed by atoms with Gasteiger partial charge in [-0.25, -0.2) is 15.0 Å². The third-order valence-electron chi connectivity index (χ3n) is 4.45. The van der Waals surface area contributed by atoms with Gasteiger partial charge in [-0.3, -0.25) is 0 Å². The quantitative estimate of drug-likeness (QED) is 0.566. The van der Waals surface area contributed by atoms with Crippen molar-refractivity contribution in [1.29, 1.82) is 0 Å². The summed E-state index contributed by atoms with van der Waals surface area (Å²) in [6.45, 7) is 4.41. The maximum Gasteiger partial charge on any atom is 0.252 e. The first-order valence-electron chi connectivity index (χ1n) is 8.44. The molecule has 0 aliphatic rings. The third-order valence-corrected chi connectivity index (χ3v) is 4.45. The molecule has 0 N–H and O–H groups in total. The predicted octanol–water partition coefficient (Wildman–Crippen LogP) is 3.35. The van der Waals surface area contributed by atoms with Crippen molar-refractivity contribution in [3.8, 4) is 23.1 Å². The number of fused-ring (bicyclic) bond motifs is 1. The molecule has 4 rings (SSSR count). The maximum absolute atomic E-state index is 5.08. The SMILES string of the molecule is COc1cnc(-n2cnc(-c3ccc4c(c3)c(C(C)C)cn4C)n2)nc1. The molecule has 0 aliphatic heterocycles. The monoisotopic (exact) mass is 348 g/mol. The van der Waals surface area contributed by atoms with Crippen LogP contribution in [0, 0.1) is 0 Å². The highest BCUT2D eigenvalue weighted by molar-refractivity contribution is 5.88. The van der Waals surface area contributed by atoms with E-state index in [9.17, 15) is 0 Å². The molecule has 4 aromatic rings. The molecule has 132 valence electrons. The van der Waals surface area contributed by atoms with Crippen LogP contribution < -0.4 is 4.74 Å². The van der Waals surface area contributed by atoms with Gasteiger partial charge in [-0.15, -0.1) is 5.10 Å². The third kappa shape index (κ3) is 2.71. The molecule has 0 unspecified atom stereocenters. The van der Waals surface area contributed by atoms with Gasteiger partial charge in [0.2, 0.25) is 0 Å². The van der Waals surface area contributed by atoms with Crippen molar-refractivity contribution in [3.05, 3.63) is 48.7 Å². The summed E-state index contributed by atoms with van der Waals surface area (Å²) in [5, 5.41) is 5.76. The van der Waals surface area contributed by atoms with Crippen LogP contribution in [0.5, 0.6) is 5.75 Å². The molecule has 0 spiro atoms. The van der Waals surface area contributed by atoms with Crippen LogP contribution in [0.25, 0.3) is 28.2 Å². The first-order valence-corrected chi connectivity index (χ1v) is 8.44. The van der Waals surface area contributed by atoms with Crippen molar-refractivity contribution in [2.45, 2.75) is 19.8 Å². The van der Waals surface area contributed by atoms with Gasteiger partial charge in [0.05, 0.1) is 19.5 Å². The average molecular weight is 348 g/mol. The molecule has 0 atom stereocenters. The number of hydrogen-bond donors (Lipinski definition) is 0. The number of aromatic nitrogens is 6. The second kappa shape index (κ2) is 6.25. The van der Waals surface area contributed by atoms with E-state index >= 15 is 0 Å². The van der Waals surface area contributed by atoms with E-state index in [1.807, 2.05) is 6.07 Å². The summed E-state index contributed by atoms with van der Waals surface area (Å²) in [4.78, 5) is 12.9. The summed E-state index contributed by atoms with van der Waals surface area (Å²) in [7, 11) is 3.65. The average Bonchev–Trinajstić information content (AvgIpc) is 3.27. The highest BCUT2D eigenvalue weighted by Gasteiger charge is 2.13. The number of rotatable bonds is 4. The topological polar surface area (TPSA) is 70.7 Å². The van der Waals surface area contributed by atoms with Gasteiger partial charge < -0.3 is 9.30 Å². The van der Waals surface area contributed by atoms with Crippen molar-refractivity contribution in [2.75, 3.05) is 7.11 Å². The summed E-state index contributed by atoms with van der Waals surface area (Å²) in [5.74, 6) is 2.15. The summed E-state index contributed by atoms with van der Waals surface area (Å²) >= 11 is 0. The lowest BCUT2D eigenvalue weighted by atomic mass is 10.0. The van der Waals surface area contributed by atoms with Gasteiger partial charge in [-0.2, -0.15) is 4.68 Å². The van der Waals surface area contributed by atoms with Crippen molar-refractivity contribution < 1.29 is 4.74 Å². The van der Waals surface area contributed by atoms with Crippen molar-refractivity contribution in [3.63, 3.8) is 0 Å². The number of benzene rings is 1. The van der Waals surface area contributed by atoms with Crippen LogP contribution in [0.3, 0.4) is 0 Å². The smallest absolute Gasteiger partial charge is 0.252 e. The van der Waals surface area contributed by atoms with Gasteiger partial charge in [0.1, 0.15) is 6.33 Å². The van der Waals surface area contributed by atoms with Crippen molar-refractivity contribution in [2.24, 2.45) is 7.05 Å². The Labute approximate surface area is 151 Å². The second-order valence-electron chi connectivity index (χ2n) is 6.52. The van der Waals surface area contributed by atoms with Crippen LogP contribution in [0.4, 0.5) is 0 Å². The van der Waals surface area contributed by atoms with E-state index < -0.39 is 0 Å². The molecule has 0 fully saturated rings. The van der Waals surface area contributed by atoms with Crippen LogP contribution in [-0.2, 0) is 7.05 Å². The summed E-state index contributed by atoms with van der Waals surface area (Å²) in [6, 6.07) is 6.31. The van der Waals surface area contributed by atoms with E-state index in [4.69, 9.17) is 4.74 Å².